The van der Waals surface area contributed by atoms with Gasteiger partial charge in [-0.15, -0.1) is 0 Å². The molecule has 0 aromatic heterocycles. The quantitative estimate of drug-likeness (QED) is 0.688. The number of alkyl halides is 2. The van der Waals surface area contributed by atoms with Crippen LogP contribution in [-0.4, -0.2) is 24.6 Å². The standard InChI is InChI=1S/C19H21F2N3O3/c1-12(2)23-19(26)24-14-9-7-13(8-10-14)11-22-17(25)15-5-3-4-6-16(15)27-18(20)21/h3-10,12,18H,11H2,1-2H3,(H,22,25)(H2,23,24,26). The van der Waals surface area contributed by atoms with Crippen molar-refractivity contribution in [3.05, 3.63) is 59.7 Å². The van der Waals surface area contributed by atoms with Gasteiger partial charge in [-0.1, -0.05) is 24.3 Å². The SMILES string of the molecule is CC(C)NC(=O)Nc1ccc(CNC(=O)c2ccccc2OC(F)F)cc1. The lowest BCUT2D eigenvalue weighted by molar-refractivity contribution is -0.0501. The van der Waals surface area contributed by atoms with Crippen molar-refractivity contribution in [3.8, 4) is 5.75 Å². The summed E-state index contributed by atoms with van der Waals surface area (Å²) in [4.78, 5) is 23.9. The molecule has 0 aliphatic rings. The maximum atomic E-state index is 12.4. The Morgan fingerprint density at radius 2 is 1.70 bits per heavy atom. The third-order valence-corrected chi connectivity index (χ3v) is 3.43. The number of anilines is 1. The summed E-state index contributed by atoms with van der Waals surface area (Å²) >= 11 is 0. The molecule has 0 bridgehead atoms. The van der Waals surface area contributed by atoms with Crippen LogP contribution in [0, 0.1) is 0 Å². The first kappa shape index (κ1) is 20.2. The van der Waals surface area contributed by atoms with Crippen LogP contribution in [0.3, 0.4) is 0 Å². The van der Waals surface area contributed by atoms with E-state index in [1.807, 2.05) is 13.8 Å². The van der Waals surface area contributed by atoms with Crippen molar-refractivity contribution in [1.29, 1.82) is 0 Å². The van der Waals surface area contributed by atoms with Crippen molar-refractivity contribution >= 4 is 17.6 Å². The molecular weight excluding hydrogens is 356 g/mol. The fourth-order valence-electron chi connectivity index (χ4n) is 2.27. The van der Waals surface area contributed by atoms with E-state index in [0.717, 1.165) is 5.56 Å². The summed E-state index contributed by atoms with van der Waals surface area (Å²) in [5, 5.41) is 8.05. The van der Waals surface area contributed by atoms with Gasteiger partial charge >= 0.3 is 12.6 Å². The molecule has 0 aliphatic carbocycles. The van der Waals surface area contributed by atoms with Crippen molar-refractivity contribution in [3.63, 3.8) is 0 Å². The number of carbonyl (C=O) groups excluding carboxylic acids is 2. The fraction of sp³-hybridized carbons (Fsp3) is 0.263. The number of urea groups is 1. The van der Waals surface area contributed by atoms with Gasteiger partial charge in [0.1, 0.15) is 5.75 Å². The Bertz CT molecular complexity index is 780. The molecule has 144 valence electrons. The minimum absolute atomic E-state index is 0.0245. The van der Waals surface area contributed by atoms with E-state index in [1.165, 1.54) is 18.2 Å². The molecule has 0 atom stereocenters. The summed E-state index contributed by atoms with van der Waals surface area (Å²) in [6.07, 6.45) is 0. The molecule has 0 radical (unpaired) electrons. The van der Waals surface area contributed by atoms with Crippen LogP contribution in [0.15, 0.2) is 48.5 Å². The number of carbonyl (C=O) groups is 2. The number of ether oxygens (including phenoxy) is 1. The van der Waals surface area contributed by atoms with Crippen LogP contribution in [0.4, 0.5) is 19.3 Å². The van der Waals surface area contributed by atoms with Crippen LogP contribution >= 0.6 is 0 Å². The van der Waals surface area contributed by atoms with E-state index in [4.69, 9.17) is 0 Å². The highest BCUT2D eigenvalue weighted by atomic mass is 19.3. The molecule has 0 fully saturated rings. The Hall–Kier alpha value is -3.16. The molecule has 3 amide bonds. The van der Waals surface area contributed by atoms with Gasteiger partial charge in [0.25, 0.3) is 5.91 Å². The largest absolute Gasteiger partial charge is 0.434 e. The van der Waals surface area contributed by atoms with E-state index >= 15 is 0 Å². The van der Waals surface area contributed by atoms with Gasteiger partial charge in [0.15, 0.2) is 0 Å². The first-order chi connectivity index (χ1) is 12.8. The predicted octanol–water partition coefficient (Wildman–Crippen LogP) is 3.75. The zero-order chi connectivity index (χ0) is 19.8. The van der Waals surface area contributed by atoms with Crippen LogP contribution in [-0.2, 0) is 6.54 Å². The highest BCUT2D eigenvalue weighted by molar-refractivity contribution is 5.96. The van der Waals surface area contributed by atoms with Gasteiger partial charge < -0.3 is 20.7 Å². The second kappa shape index (κ2) is 9.51. The molecule has 2 rings (SSSR count). The zero-order valence-corrected chi connectivity index (χ0v) is 15.0. The summed E-state index contributed by atoms with van der Waals surface area (Å²) in [5.74, 6) is -0.703. The van der Waals surface area contributed by atoms with Crippen LogP contribution in [0.25, 0.3) is 0 Å². The topological polar surface area (TPSA) is 79.5 Å². The van der Waals surface area contributed by atoms with Crippen molar-refractivity contribution in [2.45, 2.75) is 33.0 Å². The maximum absolute atomic E-state index is 12.4. The number of rotatable bonds is 7. The Balaban J connectivity index is 1.93. The molecule has 0 saturated carbocycles. The summed E-state index contributed by atoms with van der Waals surface area (Å²) < 4.78 is 29.2. The average Bonchev–Trinajstić information content (AvgIpc) is 2.60. The molecule has 0 aliphatic heterocycles. The number of halogens is 2. The zero-order valence-electron chi connectivity index (χ0n) is 15.0. The molecular formula is C19H21F2N3O3. The van der Waals surface area contributed by atoms with E-state index in [-0.39, 0.29) is 29.9 Å². The molecule has 3 N–H and O–H groups in total. The van der Waals surface area contributed by atoms with Gasteiger partial charge in [-0.05, 0) is 43.7 Å². The first-order valence-corrected chi connectivity index (χ1v) is 8.33. The Morgan fingerprint density at radius 3 is 2.33 bits per heavy atom. The van der Waals surface area contributed by atoms with Gasteiger partial charge in [0, 0.05) is 18.3 Å². The van der Waals surface area contributed by atoms with Crippen LogP contribution in [0.1, 0.15) is 29.8 Å². The van der Waals surface area contributed by atoms with Gasteiger partial charge in [-0.3, -0.25) is 4.79 Å². The number of hydrogen-bond acceptors (Lipinski definition) is 3. The highest BCUT2D eigenvalue weighted by Crippen LogP contribution is 2.20. The lowest BCUT2D eigenvalue weighted by atomic mass is 10.1. The van der Waals surface area contributed by atoms with E-state index < -0.39 is 12.5 Å². The monoisotopic (exact) mass is 377 g/mol. The van der Waals surface area contributed by atoms with Crippen molar-refractivity contribution in [2.75, 3.05) is 5.32 Å². The average molecular weight is 377 g/mol. The molecule has 2 aromatic rings. The second-order valence-corrected chi connectivity index (χ2v) is 6.01. The fourth-order valence-corrected chi connectivity index (χ4v) is 2.27. The number of benzene rings is 2. The number of hydrogen-bond donors (Lipinski definition) is 3. The summed E-state index contributed by atoms with van der Waals surface area (Å²) in [6, 6.07) is 12.4. The maximum Gasteiger partial charge on any atom is 0.387 e. The lowest BCUT2D eigenvalue weighted by Crippen LogP contribution is -2.34. The van der Waals surface area contributed by atoms with E-state index in [2.05, 4.69) is 20.7 Å². The summed E-state index contributed by atoms with van der Waals surface area (Å²) in [5.41, 5.74) is 1.42. The minimum atomic E-state index is -3.01. The number of para-hydroxylation sites is 1. The van der Waals surface area contributed by atoms with Crippen molar-refractivity contribution in [1.82, 2.24) is 10.6 Å². The van der Waals surface area contributed by atoms with Crippen molar-refractivity contribution in [2.24, 2.45) is 0 Å². The van der Waals surface area contributed by atoms with Gasteiger partial charge in [-0.25, -0.2) is 4.79 Å². The Labute approximate surface area is 155 Å². The minimum Gasteiger partial charge on any atom is -0.434 e. The predicted molar refractivity (Wildman–Crippen MR) is 98.0 cm³/mol. The van der Waals surface area contributed by atoms with Crippen LogP contribution in [0.5, 0.6) is 5.75 Å². The molecule has 0 unspecified atom stereocenters. The molecule has 6 nitrogen and oxygen atoms in total. The smallest absolute Gasteiger partial charge is 0.387 e. The summed E-state index contributed by atoms with van der Waals surface area (Å²) in [7, 11) is 0. The van der Waals surface area contributed by atoms with E-state index in [1.54, 1.807) is 30.3 Å². The number of amides is 3. The Morgan fingerprint density at radius 1 is 1.04 bits per heavy atom. The molecule has 27 heavy (non-hydrogen) atoms. The number of nitrogens with one attached hydrogen (secondary N) is 3. The van der Waals surface area contributed by atoms with Gasteiger partial charge in [0.05, 0.1) is 5.56 Å². The van der Waals surface area contributed by atoms with Crippen LogP contribution in [0.2, 0.25) is 0 Å². The lowest BCUT2D eigenvalue weighted by Gasteiger charge is -2.12. The molecule has 0 saturated heterocycles. The van der Waals surface area contributed by atoms with Gasteiger partial charge in [-0.2, -0.15) is 8.78 Å². The van der Waals surface area contributed by atoms with Gasteiger partial charge in [0.2, 0.25) is 0 Å². The highest BCUT2D eigenvalue weighted by Gasteiger charge is 2.15. The summed E-state index contributed by atoms with van der Waals surface area (Å²) in [6.45, 7) is 0.901. The third kappa shape index (κ3) is 6.58. The third-order valence-electron chi connectivity index (χ3n) is 3.43. The molecule has 0 spiro atoms. The van der Waals surface area contributed by atoms with E-state index in [0.29, 0.717) is 5.69 Å². The van der Waals surface area contributed by atoms with Crippen molar-refractivity contribution < 1.29 is 23.1 Å². The van der Waals surface area contributed by atoms with Crippen LogP contribution < -0.4 is 20.7 Å². The Kier molecular flexibility index (Phi) is 7.10. The van der Waals surface area contributed by atoms with E-state index in [9.17, 15) is 18.4 Å². The molecule has 2 aromatic carbocycles. The first-order valence-electron chi connectivity index (χ1n) is 8.33. The normalized spacial score (nSPS) is 10.6. The second-order valence-electron chi connectivity index (χ2n) is 6.01. The molecule has 8 heteroatoms. The molecule has 0 heterocycles.